The van der Waals surface area contributed by atoms with Crippen LogP contribution < -0.4 is 0 Å². The predicted molar refractivity (Wildman–Crippen MR) is 79.3 cm³/mol. The SMILES string of the molecule is COCC(CO[Si](C)(C)C(C)(C)C)COS(C)(=O)=O. The lowest BCUT2D eigenvalue weighted by molar-refractivity contribution is 0.0833. The summed E-state index contributed by atoms with van der Waals surface area (Å²) in [4.78, 5) is 0. The zero-order valence-corrected chi connectivity index (χ0v) is 15.0. The van der Waals surface area contributed by atoms with E-state index in [4.69, 9.17) is 13.3 Å². The van der Waals surface area contributed by atoms with Crippen molar-refractivity contribution in [3.8, 4) is 0 Å². The number of hydrogen-bond acceptors (Lipinski definition) is 5. The lowest BCUT2D eigenvalue weighted by Crippen LogP contribution is -2.42. The van der Waals surface area contributed by atoms with Gasteiger partial charge in [-0.15, -0.1) is 0 Å². The molecule has 0 rings (SSSR count). The first-order valence-electron chi connectivity index (χ1n) is 6.36. The van der Waals surface area contributed by atoms with Crippen LogP contribution in [0.1, 0.15) is 20.8 Å². The third-order valence-corrected chi connectivity index (χ3v) is 8.47. The van der Waals surface area contributed by atoms with Gasteiger partial charge < -0.3 is 9.16 Å². The fourth-order valence-corrected chi connectivity index (χ4v) is 2.67. The summed E-state index contributed by atoms with van der Waals surface area (Å²) >= 11 is 0. The maximum absolute atomic E-state index is 11.0. The number of methoxy groups -OCH3 is 1. The van der Waals surface area contributed by atoms with Gasteiger partial charge in [-0.3, -0.25) is 4.18 Å². The third kappa shape index (κ3) is 8.04. The molecule has 0 N–H and O–H groups in total. The zero-order chi connectivity index (χ0) is 15.3. The maximum Gasteiger partial charge on any atom is 0.264 e. The van der Waals surface area contributed by atoms with E-state index < -0.39 is 18.4 Å². The molecule has 0 heterocycles. The minimum Gasteiger partial charge on any atom is -0.416 e. The number of ether oxygens (including phenoxy) is 1. The molecule has 0 aromatic heterocycles. The molecule has 19 heavy (non-hydrogen) atoms. The standard InChI is InChI=1S/C12H28O5SSi/c1-12(2,3)19(6,7)17-10-11(8-15-4)9-16-18(5,13)14/h11H,8-10H2,1-7H3. The Hall–Kier alpha value is 0.0469. The van der Waals surface area contributed by atoms with Gasteiger partial charge in [0, 0.05) is 19.6 Å². The van der Waals surface area contributed by atoms with Gasteiger partial charge in [-0.25, -0.2) is 0 Å². The summed E-state index contributed by atoms with van der Waals surface area (Å²) in [5.41, 5.74) is 0. The summed E-state index contributed by atoms with van der Waals surface area (Å²) in [6.45, 7) is 11.8. The molecule has 0 aliphatic rings. The van der Waals surface area contributed by atoms with Crippen LogP contribution in [0.3, 0.4) is 0 Å². The van der Waals surface area contributed by atoms with Gasteiger partial charge in [-0.05, 0) is 18.1 Å². The van der Waals surface area contributed by atoms with E-state index in [0.29, 0.717) is 13.2 Å². The second kappa shape index (κ2) is 7.17. The Morgan fingerprint density at radius 3 is 2.00 bits per heavy atom. The van der Waals surface area contributed by atoms with Gasteiger partial charge in [0.15, 0.2) is 8.32 Å². The van der Waals surface area contributed by atoms with E-state index in [9.17, 15) is 8.42 Å². The summed E-state index contributed by atoms with van der Waals surface area (Å²) in [7, 11) is -3.67. The first-order valence-corrected chi connectivity index (χ1v) is 11.1. The molecule has 0 saturated heterocycles. The number of hydrogen-bond donors (Lipinski definition) is 0. The minimum atomic E-state index is -3.42. The second-order valence-corrected chi connectivity index (χ2v) is 12.8. The Bertz CT molecular complexity index is 359. The quantitative estimate of drug-likeness (QED) is 0.508. The van der Waals surface area contributed by atoms with Gasteiger partial charge >= 0.3 is 0 Å². The predicted octanol–water partition coefficient (Wildman–Crippen LogP) is 2.25. The fraction of sp³-hybridized carbons (Fsp3) is 1.00. The van der Waals surface area contributed by atoms with Gasteiger partial charge in [0.2, 0.25) is 0 Å². The van der Waals surface area contributed by atoms with E-state index in [1.54, 1.807) is 7.11 Å². The van der Waals surface area contributed by atoms with E-state index >= 15 is 0 Å². The first kappa shape index (κ1) is 19.0. The van der Waals surface area contributed by atoms with Crippen LogP contribution in [-0.4, -0.2) is 49.9 Å². The highest BCUT2D eigenvalue weighted by Gasteiger charge is 2.37. The van der Waals surface area contributed by atoms with E-state index in [0.717, 1.165) is 6.26 Å². The van der Waals surface area contributed by atoms with Crippen molar-refractivity contribution in [1.29, 1.82) is 0 Å². The molecule has 0 aromatic carbocycles. The Labute approximate surface area is 118 Å². The summed E-state index contributed by atoms with van der Waals surface area (Å²) in [6, 6.07) is 0. The lowest BCUT2D eigenvalue weighted by Gasteiger charge is -2.37. The van der Waals surface area contributed by atoms with Crippen molar-refractivity contribution >= 4 is 18.4 Å². The molecule has 0 aliphatic heterocycles. The molecule has 0 aliphatic carbocycles. The molecule has 0 saturated carbocycles. The second-order valence-electron chi connectivity index (χ2n) is 6.38. The van der Waals surface area contributed by atoms with Gasteiger partial charge in [0.05, 0.1) is 19.5 Å². The van der Waals surface area contributed by atoms with E-state index in [1.165, 1.54) is 0 Å². The van der Waals surface area contributed by atoms with Crippen molar-refractivity contribution in [2.75, 3.05) is 33.2 Å². The lowest BCUT2D eigenvalue weighted by atomic mass is 10.2. The fourth-order valence-electron chi connectivity index (χ4n) is 1.14. The van der Waals surface area contributed by atoms with Crippen LogP contribution in [-0.2, 0) is 23.5 Å². The molecule has 0 spiro atoms. The van der Waals surface area contributed by atoms with Crippen LogP contribution >= 0.6 is 0 Å². The molecule has 7 heteroatoms. The monoisotopic (exact) mass is 312 g/mol. The Morgan fingerprint density at radius 2 is 1.63 bits per heavy atom. The zero-order valence-electron chi connectivity index (χ0n) is 13.1. The minimum absolute atomic E-state index is 0.0751. The van der Waals surface area contributed by atoms with Crippen molar-refractivity contribution in [3.05, 3.63) is 0 Å². The van der Waals surface area contributed by atoms with Crippen molar-refractivity contribution in [2.24, 2.45) is 5.92 Å². The Balaban J connectivity index is 4.44. The highest BCUT2D eigenvalue weighted by Crippen LogP contribution is 2.36. The molecule has 0 radical (unpaired) electrons. The highest BCUT2D eigenvalue weighted by molar-refractivity contribution is 7.85. The summed E-state index contributed by atoms with van der Waals surface area (Å²) in [5, 5.41) is 0.127. The van der Waals surface area contributed by atoms with Crippen LogP contribution in [0, 0.1) is 5.92 Å². The molecule has 5 nitrogen and oxygen atoms in total. The molecule has 1 atom stereocenters. The van der Waals surface area contributed by atoms with Crippen LogP contribution in [0.25, 0.3) is 0 Å². The molecule has 0 amide bonds. The van der Waals surface area contributed by atoms with E-state index in [2.05, 4.69) is 33.9 Å². The number of rotatable bonds is 8. The van der Waals surface area contributed by atoms with Crippen LogP contribution in [0.4, 0.5) is 0 Å². The Morgan fingerprint density at radius 1 is 1.11 bits per heavy atom. The molecule has 0 fully saturated rings. The van der Waals surface area contributed by atoms with E-state index in [1.807, 2.05) is 0 Å². The van der Waals surface area contributed by atoms with Crippen molar-refractivity contribution in [2.45, 2.75) is 38.9 Å². The largest absolute Gasteiger partial charge is 0.416 e. The van der Waals surface area contributed by atoms with Crippen LogP contribution in [0.2, 0.25) is 18.1 Å². The summed E-state index contributed by atoms with van der Waals surface area (Å²) in [6.07, 6.45) is 1.05. The smallest absolute Gasteiger partial charge is 0.264 e. The van der Waals surface area contributed by atoms with Crippen molar-refractivity contribution in [3.63, 3.8) is 0 Å². The van der Waals surface area contributed by atoms with Gasteiger partial charge in [-0.1, -0.05) is 20.8 Å². The van der Waals surface area contributed by atoms with Crippen LogP contribution in [0.5, 0.6) is 0 Å². The molecule has 1 unspecified atom stereocenters. The van der Waals surface area contributed by atoms with Gasteiger partial charge in [0.25, 0.3) is 10.1 Å². The first-order chi connectivity index (χ1) is 8.39. The highest BCUT2D eigenvalue weighted by atomic mass is 32.2. The topological polar surface area (TPSA) is 61.8 Å². The van der Waals surface area contributed by atoms with Gasteiger partial charge in [0.1, 0.15) is 0 Å². The molecular formula is C12H28O5SSi. The maximum atomic E-state index is 11.0. The van der Waals surface area contributed by atoms with Crippen LogP contribution in [0.15, 0.2) is 0 Å². The van der Waals surface area contributed by atoms with Crippen molar-refractivity contribution in [1.82, 2.24) is 0 Å². The molecule has 0 aromatic rings. The normalized spacial score (nSPS) is 15.5. The van der Waals surface area contributed by atoms with E-state index in [-0.39, 0.29) is 17.6 Å². The average molecular weight is 313 g/mol. The Kier molecular flexibility index (Phi) is 7.19. The molecule has 0 bridgehead atoms. The average Bonchev–Trinajstić information content (AvgIpc) is 2.19. The molecular weight excluding hydrogens is 284 g/mol. The van der Waals surface area contributed by atoms with Crippen molar-refractivity contribution < 1.29 is 21.8 Å². The van der Waals surface area contributed by atoms with Gasteiger partial charge in [-0.2, -0.15) is 8.42 Å². The molecule has 116 valence electrons. The summed E-state index contributed by atoms with van der Waals surface area (Å²) in [5.74, 6) is -0.0751. The summed E-state index contributed by atoms with van der Waals surface area (Å²) < 4.78 is 38.0. The third-order valence-electron chi connectivity index (χ3n) is 3.41.